The highest BCUT2D eigenvalue weighted by Crippen LogP contribution is 2.20. The molecular formula is C21H24N4O3. The van der Waals surface area contributed by atoms with Crippen LogP contribution in [0.2, 0.25) is 0 Å². The van der Waals surface area contributed by atoms with E-state index in [1.807, 2.05) is 35.2 Å². The topological polar surface area (TPSA) is 85.8 Å². The Bertz CT molecular complexity index is 815. The molecule has 2 heterocycles. The molecule has 0 radical (unpaired) electrons. The second kappa shape index (κ2) is 9.03. The highest BCUT2D eigenvalue weighted by atomic mass is 16.3. The molecule has 28 heavy (non-hydrogen) atoms. The number of piperazine rings is 1. The Morgan fingerprint density at radius 3 is 2.46 bits per heavy atom. The third kappa shape index (κ3) is 4.88. The number of benzene rings is 1. The van der Waals surface area contributed by atoms with Gasteiger partial charge in [-0.3, -0.25) is 9.59 Å². The van der Waals surface area contributed by atoms with Gasteiger partial charge in [0.2, 0.25) is 11.8 Å². The minimum atomic E-state index is -0.393. The minimum Gasteiger partial charge on any atom is -0.506 e. The Hall–Kier alpha value is -3.35. The van der Waals surface area contributed by atoms with E-state index in [1.54, 1.807) is 12.1 Å². The molecule has 0 saturated carbocycles. The molecule has 0 spiro atoms. The van der Waals surface area contributed by atoms with Crippen molar-refractivity contribution in [2.75, 3.05) is 31.1 Å². The summed E-state index contributed by atoms with van der Waals surface area (Å²) in [6, 6.07) is 12.4. The number of hydrogen-bond acceptors (Lipinski definition) is 5. The number of hydrogen-bond donors (Lipinski definition) is 2. The summed E-state index contributed by atoms with van der Waals surface area (Å²) in [5, 5.41) is 12.2. The van der Waals surface area contributed by atoms with Crippen molar-refractivity contribution < 1.29 is 14.7 Å². The third-order valence-electron chi connectivity index (χ3n) is 4.77. The summed E-state index contributed by atoms with van der Waals surface area (Å²) >= 11 is 0. The lowest BCUT2D eigenvalue weighted by Crippen LogP contribution is -2.49. The molecule has 1 aromatic heterocycles. The monoisotopic (exact) mass is 380 g/mol. The predicted molar refractivity (Wildman–Crippen MR) is 107 cm³/mol. The molecule has 2 N–H and O–H groups in total. The molecule has 3 rings (SSSR count). The van der Waals surface area contributed by atoms with Gasteiger partial charge in [0, 0.05) is 26.2 Å². The van der Waals surface area contributed by atoms with Crippen LogP contribution in [0, 0.1) is 0 Å². The van der Waals surface area contributed by atoms with Gasteiger partial charge in [0.05, 0.1) is 18.7 Å². The van der Waals surface area contributed by atoms with Crippen LogP contribution < -0.4 is 10.2 Å². The first-order chi connectivity index (χ1) is 13.6. The number of rotatable bonds is 6. The largest absolute Gasteiger partial charge is 0.506 e. The number of carbonyl (C=O) groups is 2. The molecule has 7 heteroatoms. The standard InChI is InChI=1S/C21H24N4O3/c1-2-20(27)23-18(16-6-4-3-5-7-16)14-21(28)25-12-10-24(11-13-25)19-9-8-17(26)15-22-19/h2-9,15,18,26H,1,10-14H2,(H,23,27). The molecule has 7 nitrogen and oxygen atoms in total. The maximum Gasteiger partial charge on any atom is 0.243 e. The summed E-state index contributed by atoms with van der Waals surface area (Å²) in [6.07, 6.45) is 2.82. The maximum absolute atomic E-state index is 12.8. The second-order valence-electron chi connectivity index (χ2n) is 6.62. The Kier molecular flexibility index (Phi) is 6.26. The van der Waals surface area contributed by atoms with E-state index in [-0.39, 0.29) is 24.0 Å². The van der Waals surface area contributed by atoms with E-state index in [1.165, 1.54) is 12.3 Å². The van der Waals surface area contributed by atoms with Crippen molar-refractivity contribution in [3.8, 4) is 5.75 Å². The van der Waals surface area contributed by atoms with Crippen LogP contribution in [0.1, 0.15) is 18.0 Å². The van der Waals surface area contributed by atoms with Gasteiger partial charge in [-0.2, -0.15) is 0 Å². The van der Waals surface area contributed by atoms with Crippen LogP contribution in [0.15, 0.2) is 61.3 Å². The van der Waals surface area contributed by atoms with Crippen molar-refractivity contribution >= 4 is 17.6 Å². The zero-order chi connectivity index (χ0) is 19.9. The second-order valence-corrected chi connectivity index (χ2v) is 6.62. The van der Waals surface area contributed by atoms with E-state index in [0.29, 0.717) is 26.2 Å². The quantitative estimate of drug-likeness (QED) is 0.748. The minimum absolute atomic E-state index is 0.00321. The van der Waals surface area contributed by atoms with Crippen LogP contribution in [0.3, 0.4) is 0 Å². The van der Waals surface area contributed by atoms with Crippen molar-refractivity contribution in [2.24, 2.45) is 0 Å². The molecule has 2 aromatic rings. The number of amides is 2. The highest BCUT2D eigenvalue weighted by molar-refractivity contribution is 5.88. The lowest BCUT2D eigenvalue weighted by molar-refractivity contribution is -0.132. The van der Waals surface area contributed by atoms with E-state index in [4.69, 9.17) is 0 Å². The van der Waals surface area contributed by atoms with E-state index >= 15 is 0 Å². The van der Waals surface area contributed by atoms with Crippen LogP contribution in [0.25, 0.3) is 0 Å². The number of nitrogens with one attached hydrogen (secondary N) is 1. The summed E-state index contributed by atoms with van der Waals surface area (Å²) in [7, 11) is 0. The van der Waals surface area contributed by atoms with Crippen LogP contribution in [-0.4, -0.2) is 53.0 Å². The van der Waals surface area contributed by atoms with Crippen LogP contribution in [-0.2, 0) is 9.59 Å². The van der Waals surface area contributed by atoms with Crippen LogP contribution in [0.5, 0.6) is 5.75 Å². The summed E-state index contributed by atoms with van der Waals surface area (Å²) in [4.78, 5) is 32.7. The number of aromatic nitrogens is 1. The summed E-state index contributed by atoms with van der Waals surface area (Å²) in [5.41, 5.74) is 0.887. The van der Waals surface area contributed by atoms with E-state index in [2.05, 4.69) is 21.8 Å². The number of nitrogens with zero attached hydrogens (tertiary/aromatic N) is 3. The Morgan fingerprint density at radius 1 is 1.14 bits per heavy atom. The Balaban J connectivity index is 1.60. The Morgan fingerprint density at radius 2 is 1.86 bits per heavy atom. The van der Waals surface area contributed by atoms with Crippen molar-refractivity contribution in [2.45, 2.75) is 12.5 Å². The Labute approximate surface area is 164 Å². The molecule has 1 saturated heterocycles. The van der Waals surface area contributed by atoms with Crippen LogP contribution in [0.4, 0.5) is 5.82 Å². The number of pyridine rings is 1. The van der Waals surface area contributed by atoms with Gasteiger partial charge >= 0.3 is 0 Å². The zero-order valence-electron chi connectivity index (χ0n) is 15.6. The summed E-state index contributed by atoms with van der Waals surface area (Å²) in [6.45, 7) is 5.98. The fourth-order valence-electron chi connectivity index (χ4n) is 3.22. The molecule has 2 amide bonds. The molecule has 146 valence electrons. The van der Waals surface area contributed by atoms with E-state index in [0.717, 1.165) is 11.4 Å². The number of carbonyl (C=O) groups excluding carboxylic acids is 2. The van der Waals surface area contributed by atoms with Gasteiger partial charge < -0.3 is 20.2 Å². The highest BCUT2D eigenvalue weighted by Gasteiger charge is 2.25. The summed E-state index contributed by atoms with van der Waals surface area (Å²) in [5.74, 6) is 0.609. The van der Waals surface area contributed by atoms with Crippen molar-refractivity contribution in [3.05, 3.63) is 66.9 Å². The average Bonchev–Trinajstić information content (AvgIpc) is 2.74. The van der Waals surface area contributed by atoms with Gasteiger partial charge in [0.25, 0.3) is 0 Å². The smallest absolute Gasteiger partial charge is 0.243 e. The fourth-order valence-corrected chi connectivity index (χ4v) is 3.22. The number of aromatic hydroxyl groups is 1. The van der Waals surface area contributed by atoms with Crippen molar-refractivity contribution in [1.82, 2.24) is 15.2 Å². The van der Waals surface area contributed by atoms with Crippen molar-refractivity contribution in [3.63, 3.8) is 0 Å². The molecule has 0 bridgehead atoms. The average molecular weight is 380 g/mol. The predicted octanol–water partition coefficient (Wildman–Crippen LogP) is 1.87. The lowest BCUT2D eigenvalue weighted by Gasteiger charge is -2.36. The van der Waals surface area contributed by atoms with Gasteiger partial charge in [0.15, 0.2) is 0 Å². The van der Waals surface area contributed by atoms with Gasteiger partial charge in [-0.1, -0.05) is 36.9 Å². The molecule has 1 atom stereocenters. The summed E-state index contributed by atoms with van der Waals surface area (Å²) < 4.78 is 0. The van der Waals surface area contributed by atoms with Gasteiger partial charge in [-0.05, 0) is 23.8 Å². The first-order valence-electron chi connectivity index (χ1n) is 9.22. The normalized spacial score (nSPS) is 15.0. The first kappa shape index (κ1) is 19.4. The molecule has 1 aromatic carbocycles. The van der Waals surface area contributed by atoms with Gasteiger partial charge in [-0.25, -0.2) is 4.98 Å². The lowest BCUT2D eigenvalue weighted by atomic mass is 10.0. The zero-order valence-corrected chi connectivity index (χ0v) is 15.6. The number of anilines is 1. The fraction of sp³-hybridized carbons (Fsp3) is 0.286. The maximum atomic E-state index is 12.8. The molecule has 1 aliphatic heterocycles. The van der Waals surface area contributed by atoms with Gasteiger partial charge in [0.1, 0.15) is 11.6 Å². The molecule has 0 aliphatic carbocycles. The van der Waals surface area contributed by atoms with Gasteiger partial charge in [-0.15, -0.1) is 0 Å². The molecule has 1 unspecified atom stereocenters. The van der Waals surface area contributed by atoms with E-state index < -0.39 is 6.04 Å². The van der Waals surface area contributed by atoms with Crippen LogP contribution >= 0.6 is 0 Å². The van der Waals surface area contributed by atoms with Crippen molar-refractivity contribution in [1.29, 1.82) is 0 Å². The first-order valence-corrected chi connectivity index (χ1v) is 9.22. The third-order valence-corrected chi connectivity index (χ3v) is 4.77. The molecular weight excluding hydrogens is 356 g/mol. The molecule has 1 fully saturated rings. The van der Waals surface area contributed by atoms with E-state index in [9.17, 15) is 14.7 Å². The molecule has 1 aliphatic rings. The SMILES string of the molecule is C=CC(=O)NC(CC(=O)N1CCN(c2ccc(O)cn2)CC1)c1ccccc1.